The minimum absolute atomic E-state index is 0.199. The van der Waals surface area contributed by atoms with Gasteiger partial charge < -0.3 is 11.1 Å². The van der Waals surface area contributed by atoms with Crippen LogP contribution >= 0.6 is 12.2 Å². The highest BCUT2D eigenvalue weighted by molar-refractivity contribution is 7.71. The van der Waals surface area contributed by atoms with Crippen LogP contribution in [0, 0.1) is 11.7 Å². The van der Waals surface area contributed by atoms with E-state index in [1.165, 1.54) is 0 Å². The van der Waals surface area contributed by atoms with Crippen molar-refractivity contribution >= 4 is 29.7 Å². The molecule has 0 aliphatic heterocycles. The molecule has 3 rings (SSSR count). The van der Waals surface area contributed by atoms with Crippen LogP contribution in [0.3, 0.4) is 0 Å². The van der Waals surface area contributed by atoms with Crippen molar-refractivity contribution in [2.75, 3.05) is 5.32 Å². The zero-order chi connectivity index (χ0) is 19.4. The number of aromatic amines is 1. The lowest BCUT2D eigenvalue weighted by molar-refractivity contribution is -0.116. The van der Waals surface area contributed by atoms with Gasteiger partial charge in [-0.2, -0.15) is 5.10 Å². The predicted octanol–water partition coefficient (Wildman–Crippen LogP) is 3.04. The second-order valence-electron chi connectivity index (χ2n) is 6.12. The zero-order valence-electron chi connectivity index (χ0n) is 14.7. The van der Waals surface area contributed by atoms with Crippen molar-refractivity contribution in [2.45, 2.75) is 19.9 Å². The van der Waals surface area contributed by atoms with Gasteiger partial charge in [-0.3, -0.25) is 19.3 Å². The molecule has 0 radical (unpaired) electrons. The number of rotatable bonds is 6. The summed E-state index contributed by atoms with van der Waals surface area (Å²) in [7, 11) is 0. The smallest absolute Gasteiger partial charge is 0.248 e. The molecule has 3 aromatic rings. The van der Waals surface area contributed by atoms with E-state index in [0.717, 1.165) is 11.1 Å². The maximum Gasteiger partial charge on any atom is 0.248 e. The fourth-order valence-electron chi connectivity index (χ4n) is 2.72. The lowest BCUT2D eigenvalue weighted by Gasteiger charge is -2.09. The first-order chi connectivity index (χ1) is 12.9. The fourth-order valence-corrected chi connectivity index (χ4v) is 2.94. The molecule has 138 valence electrons. The number of hydrogen-bond donors (Lipinski definition) is 3. The normalized spacial score (nSPS) is 10.6. The number of anilines is 1. The number of amides is 2. The van der Waals surface area contributed by atoms with Gasteiger partial charge in [0.05, 0.1) is 0 Å². The third kappa shape index (κ3) is 4.48. The molecule has 27 heavy (non-hydrogen) atoms. The van der Waals surface area contributed by atoms with E-state index in [4.69, 9.17) is 18.0 Å². The largest absolute Gasteiger partial charge is 0.366 e. The Labute approximate surface area is 161 Å². The van der Waals surface area contributed by atoms with Crippen LogP contribution in [0.25, 0.3) is 11.4 Å². The number of carbonyl (C=O) groups excluding carboxylic acids is 2. The molecular formula is C19H19N5O2S. The summed E-state index contributed by atoms with van der Waals surface area (Å²) in [6.07, 6.45) is 0.202. The molecule has 2 aromatic carbocycles. The summed E-state index contributed by atoms with van der Waals surface area (Å²) in [5, 5.41) is 9.83. The summed E-state index contributed by atoms with van der Waals surface area (Å²) in [6.45, 7) is 2.38. The van der Waals surface area contributed by atoms with Gasteiger partial charge in [0.1, 0.15) is 0 Å². The Morgan fingerprint density at radius 3 is 2.74 bits per heavy atom. The number of aromatic nitrogens is 3. The Balaban J connectivity index is 1.71. The van der Waals surface area contributed by atoms with Crippen LogP contribution in [0.1, 0.15) is 22.3 Å². The lowest BCUT2D eigenvalue weighted by atomic mass is 10.1. The minimum atomic E-state index is -0.543. The Morgan fingerprint density at radius 2 is 2.00 bits per heavy atom. The zero-order valence-corrected chi connectivity index (χ0v) is 15.5. The van der Waals surface area contributed by atoms with Gasteiger partial charge in [-0.25, -0.2) is 0 Å². The van der Waals surface area contributed by atoms with E-state index in [0.29, 0.717) is 28.4 Å². The molecule has 0 saturated heterocycles. The first kappa shape index (κ1) is 18.5. The number of nitrogens with zero attached hydrogens (tertiary/aromatic N) is 2. The van der Waals surface area contributed by atoms with Gasteiger partial charge >= 0.3 is 0 Å². The molecule has 0 aliphatic rings. The molecule has 1 aromatic heterocycles. The third-order valence-corrected chi connectivity index (χ3v) is 4.34. The number of carbonyl (C=O) groups is 2. The number of primary amides is 1. The molecule has 0 saturated carbocycles. The van der Waals surface area contributed by atoms with E-state index in [1.54, 1.807) is 28.8 Å². The van der Waals surface area contributed by atoms with Crippen molar-refractivity contribution in [1.82, 2.24) is 14.8 Å². The van der Waals surface area contributed by atoms with Gasteiger partial charge in [0.25, 0.3) is 0 Å². The van der Waals surface area contributed by atoms with E-state index < -0.39 is 5.91 Å². The van der Waals surface area contributed by atoms with Crippen molar-refractivity contribution in [2.24, 2.45) is 5.73 Å². The molecular weight excluding hydrogens is 362 g/mol. The Kier molecular flexibility index (Phi) is 5.46. The highest BCUT2D eigenvalue weighted by atomic mass is 32.1. The Hall–Kier alpha value is -3.26. The van der Waals surface area contributed by atoms with E-state index >= 15 is 0 Å². The van der Waals surface area contributed by atoms with Gasteiger partial charge in [0, 0.05) is 29.8 Å². The van der Waals surface area contributed by atoms with Gasteiger partial charge in [-0.1, -0.05) is 29.8 Å². The molecule has 0 unspecified atom stereocenters. The first-order valence-corrected chi connectivity index (χ1v) is 8.77. The van der Waals surface area contributed by atoms with Crippen molar-refractivity contribution in [3.8, 4) is 11.4 Å². The monoisotopic (exact) mass is 381 g/mol. The second-order valence-corrected chi connectivity index (χ2v) is 6.50. The molecule has 0 atom stereocenters. The molecule has 0 spiro atoms. The van der Waals surface area contributed by atoms with Crippen LogP contribution < -0.4 is 11.1 Å². The quantitative estimate of drug-likeness (QED) is 0.571. The number of benzene rings is 2. The summed E-state index contributed by atoms with van der Waals surface area (Å²) < 4.78 is 2.25. The third-order valence-electron chi connectivity index (χ3n) is 4.03. The molecule has 7 nitrogen and oxygen atoms in total. The molecule has 0 aliphatic carbocycles. The topological polar surface area (TPSA) is 106 Å². The summed E-state index contributed by atoms with van der Waals surface area (Å²) in [5.41, 5.74) is 8.16. The minimum Gasteiger partial charge on any atom is -0.366 e. The Morgan fingerprint density at radius 1 is 1.22 bits per heavy atom. The van der Waals surface area contributed by atoms with Crippen LogP contribution in [0.15, 0.2) is 48.5 Å². The molecule has 1 heterocycles. The maximum absolute atomic E-state index is 12.3. The van der Waals surface area contributed by atoms with E-state index in [-0.39, 0.29) is 12.3 Å². The second kappa shape index (κ2) is 7.96. The first-order valence-electron chi connectivity index (χ1n) is 8.36. The number of aryl methyl sites for hydroxylation is 1. The van der Waals surface area contributed by atoms with Crippen LogP contribution in [0.5, 0.6) is 0 Å². The van der Waals surface area contributed by atoms with Gasteiger partial charge in [-0.05, 0) is 43.4 Å². The average molecular weight is 381 g/mol. The molecule has 8 heteroatoms. The Bertz CT molecular complexity index is 1050. The fraction of sp³-hybridized carbons (Fsp3) is 0.158. The van der Waals surface area contributed by atoms with Crippen LogP contribution in [-0.2, 0) is 11.3 Å². The van der Waals surface area contributed by atoms with Crippen LogP contribution in [0.2, 0.25) is 0 Å². The number of nitrogens with two attached hydrogens (primary N) is 1. The van der Waals surface area contributed by atoms with Crippen molar-refractivity contribution in [3.05, 3.63) is 64.4 Å². The summed E-state index contributed by atoms with van der Waals surface area (Å²) in [6, 6.07) is 14.4. The number of nitrogens with one attached hydrogen (secondary N) is 2. The van der Waals surface area contributed by atoms with E-state index in [1.807, 2.05) is 31.2 Å². The standard InChI is InChI=1S/C19H19N5O2S/c1-12-4-2-6-14(10-12)18-22-23-19(27)24(18)9-8-16(25)21-15-7-3-5-13(11-15)17(20)26/h2-7,10-11H,8-9H2,1H3,(H2,20,26)(H,21,25)(H,23,27). The molecule has 0 bridgehead atoms. The van der Waals surface area contributed by atoms with Crippen molar-refractivity contribution in [1.29, 1.82) is 0 Å². The average Bonchev–Trinajstić information content (AvgIpc) is 3.01. The predicted molar refractivity (Wildman–Crippen MR) is 106 cm³/mol. The molecule has 2 amide bonds. The van der Waals surface area contributed by atoms with E-state index in [2.05, 4.69) is 15.5 Å². The SMILES string of the molecule is Cc1cccc(-c2n[nH]c(=S)n2CCC(=O)Nc2cccc(C(N)=O)c2)c1. The summed E-state index contributed by atoms with van der Waals surface area (Å²) in [4.78, 5) is 23.5. The molecule has 0 fully saturated rings. The highest BCUT2D eigenvalue weighted by Gasteiger charge is 2.11. The van der Waals surface area contributed by atoms with Gasteiger partial charge in [0.15, 0.2) is 10.6 Å². The summed E-state index contributed by atoms with van der Waals surface area (Å²) >= 11 is 5.29. The molecule has 4 N–H and O–H groups in total. The maximum atomic E-state index is 12.3. The highest BCUT2D eigenvalue weighted by Crippen LogP contribution is 2.19. The summed E-state index contributed by atoms with van der Waals surface area (Å²) in [5.74, 6) is -0.0549. The van der Waals surface area contributed by atoms with Crippen molar-refractivity contribution in [3.63, 3.8) is 0 Å². The van der Waals surface area contributed by atoms with E-state index in [9.17, 15) is 9.59 Å². The van der Waals surface area contributed by atoms with Gasteiger partial charge in [0.2, 0.25) is 11.8 Å². The van der Waals surface area contributed by atoms with Crippen LogP contribution in [0.4, 0.5) is 5.69 Å². The number of H-pyrrole nitrogens is 1. The lowest BCUT2D eigenvalue weighted by Crippen LogP contribution is -2.16. The number of hydrogen-bond acceptors (Lipinski definition) is 4. The van der Waals surface area contributed by atoms with Gasteiger partial charge in [-0.15, -0.1) is 0 Å². The van der Waals surface area contributed by atoms with Crippen LogP contribution in [-0.4, -0.2) is 26.6 Å². The van der Waals surface area contributed by atoms with Crippen molar-refractivity contribution < 1.29 is 9.59 Å².